The number of likely N-dealkylation sites (N-methyl/N-ethyl adjacent to an activating group) is 1. The molecule has 0 saturated carbocycles. The molecule has 3 nitrogen and oxygen atoms in total. The van der Waals surface area contributed by atoms with E-state index < -0.39 is 0 Å². The Morgan fingerprint density at radius 1 is 1.77 bits per heavy atom. The molecule has 0 unspecified atom stereocenters. The van der Waals surface area contributed by atoms with Crippen LogP contribution in [0.1, 0.15) is 26.2 Å². The van der Waals surface area contributed by atoms with Gasteiger partial charge in [0.15, 0.2) is 6.61 Å². The first kappa shape index (κ1) is 10.1. The molecule has 0 heterocycles. The lowest BCUT2D eigenvalue weighted by molar-refractivity contribution is -0.124. The van der Waals surface area contributed by atoms with Gasteiger partial charge in [-0.1, -0.05) is 6.92 Å². The van der Waals surface area contributed by atoms with E-state index in [-0.39, 0.29) is 12.5 Å². The molecule has 3 heteroatoms. The van der Waals surface area contributed by atoms with E-state index in [4.69, 9.17) is 4.74 Å². The largest absolute Gasteiger partial charge is 0.488 e. The minimum atomic E-state index is -0.0703. The Morgan fingerprint density at radius 2 is 2.54 bits per heavy atom. The van der Waals surface area contributed by atoms with Crippen molar-refractivity contribution in [1.82, 2.24) is 5.32 Å². The van der Waals surface area contributed by atoms with Crippen LogP contribution in [0.3, 0.4) is 0 Å². The fraction of sp³-hybridized carbons (Fsp3) is 0.700. The summed E-state index contributed by atoms with van der Waals surface area (Å²) in [6.45, 7) is 2.35. The predicted molar refractivity (Wildman–Crippen MR) is 51.1 cm³/mol. The van der Waals surface area contributed by atoms with Crippen LogP contribution < -0.4 is 5.32 Å². The third-order valence-electron chi connectivity index (χ3n) is 2.25. The summed E-state index contributed by atoms with van der Waals surface area (Å²) in [5, 5.41) is 2.52. The number of hydrogen-bond donors (Lipinski definition) is 1. The highest BCUT2D eigenvalue weighted by molar-refractivity contribution is 5.76. The molecule has 1 aliphatic carbocycles. The summed E-state index contributed by atoms with van der Waals surface area (Å²) in [5.41, 5.74) is 0. The number of hydrogen-bond acceptors (Lipinski definition) is 2. The molecule has 0 fully saturated rings. The van der Waals surface area contributed by atoms with Crippen molar-refractivity contribution in [3.05, 3.63) is 11.8 Å². The van der Waals surface area contributed by atoms with Crippen molar-refractivity contribution in [2.75, 3.05) is 13.7 Å². The van der Waals surface area contributed by atoms with Gasteiger partial charge in [-0.2, -0.15) is 0 Å². The molecule has 0 spiro atoms. The first-order valence-electron chi connectivity index (χ1n) is 4.74. The SMILES string of the molecule is CNC(=O)COC1=CCC[C@H](C)C1. The molecular weight excluding hydrogens is 166 g/mol. The maximum Gasteiger partial charge on any atom is 0.257 e. The van der Waals surface area contributed by atoms with E-state index in [1.54, 1.807) is 7.05 Å². The van der Waals surface area contributed by atoms with Crippen LogP contribution >= 0.6 is 0 Å². The van der Waals surface area contributed by atoms with E-state index >= 15 is 0 Å². The number of amides is 1. The van der Waals surface area contributed by atoms with Crippen LogP contribution in [0.2, 0.25) is 0 Å². The molecule has 74 valence electrons. The summed E-state index contributed by atoms with van der Waals surface area (Å²) in [4.78, 5) is 10.9. The number of carbonyl (C=O) groups excluding carboxylic acids is 1. The molecule has 0 radical (unpaired) electrons. The van der Waals surface area contributed by atoms with Gasteiger partial charge in [-0.05, 0) is 24.8 Å². The Hall–Kier alpha value is -0.990. The highest BCUT2D eigenvalue weighted by Gasteiger charge is 2.12. The summed E-state index contributed by atoms with van der Waals surface area (Å²) >= 11 is 0. The maximum absolute atomic E-state index is 10.9. The number of allylic oxidation sites excluding steroid dienone is 2. The van der Waals surface area contributed by atoms with Gasteiger partial charge in [-0.15, -0.1) is 0 Å². The van der Waals surface area contributed by atoms with Gasteiger partial charge < -0.3 is 10.1 Å². The standard InChI is InChI=1S/C10H17NO2/c1-8-4-3-5-9(6-8)13-7-10(12)11-2/h5,8H,3-4,6-7H2,1-2H3,(H,11,12)/t8-/m0/s1. The molecule has 0 bridgehead atoms. The summed E-state index contributed by atoms with van der Waals surface area (Å²) in [7, 11) is 1.61. The Balaban J connectivity index is 2.28. The molecule has 1 atom stereocenters. The molecule has 0 aliphatic heterocycles. The van der Waals surface area contributed by atoms with E-state index in [1.807, 2.05) is 0 Å². The van der Waals surface area contributed by atoms with Crippen LogP contribution in [-0.2, 0) is 9.53 Å². The molecule has 1 amide bonds. The predicted octanol–water partition coefficient (Wildman–Crippen LogP) is 1.45. The summed E-state index contributed by atoms with van der Waals surface area (Å²) in [6.07, 6.45) is 5.36. The van der Waals surface area contributed by atoms with Gasteiger partial charge in [-0.25, -0.2) is 0 Å². The number of nitrogens with one attached hydrogen (secondary N) is 1. The van der Waals surface area contributed by atoms with E-state index in [9.17, 15) is 4.79 Å². The van der Waals surface area contributed by atoms with Crippen molar-refractivity contribution in [3.63, 3.8) is 0 Å². The van der Waals surface area contributed by atoms with Crippen LogP contribution in [0.4, 0.5) is 0 Å². The van der Waals surface area contributed by atoms with Gasteiger partial charge >= 0.3 is 0 Å². The zero-order valence-corrected chi connectivity index (χ0v) is 8.30. The molecule has 0 aromatic carbocycles. The zero-order valence-electron chi connectivity index (χ0n) is 8.30. The number of rotatable bonds is 3. The lowest BCUT2D eigenvalue weighted by Crippen LogP contribution is -2.23. The van der Waals surface area contributed by atoms with Crippen LogP contribution in [0, 0.1) is 5.92 Å². The monoisotopic (exact) mass is 183 g/mol. The fourth-order valence-corrected chi connectivity index (χ4v) is 1.41. The third kappa shape index (κ3) is 3.49. The Labute approximate surface area is 79.2 Å². The van der Waals surface area contributed by atoms with E-state index in [1.165, 1.54) is 6.42 Å². The molecule has 0 aromatic rings. The number of carbonyl (C=O) groups is 1. The third-order valence-corrected chi connectivity index (χ3v) is 2.25. The minimum absolute atomic E-state index is 0.0703. The highest BCUT2D eigenvalue weighted by Crippen LogP contribution is 2.23. The summed E-state index contributed by atoms with van der Waals surface area (Å²) in [6, 6.07) is 0. The maximum atomic E-state index is 10.9. The van der Waals surface area contributed by atoms with Crippen molar-refractivity contribution < 1.29 is 9.53 Å². The number of ether oxygens (including phenoxy) is 1. The Kier molecular flexibility index (Phi) is 3.80. The lowest BCUT2D eigenvalue weighted by atomic mass is 9.95. The molecule has 0 saturated heterocycles. The van der Waals surface area contributed by atoms with Crippen molar-refractivity contribution in [3.8, 4) is 0 Å². The fourth-order valence-electron chi connectivity index (χ4n) is 1.41. The zero-order chi connectivity index (χ0) is 9.68. The summed E-state index contributed by atoms with van der Waals surface area (Å²) < 4.78 is 5.36. The van der Waals surface area contributed by atoms with Gasteiger partial charge in [-0.3, -0.25) is 4.79 Å². The molecule has 13 heavy (non-hydrogen) atoms. The van der Waals surface area contributed by atoms with Gasteiger partial charge in [0, 0.05) is 13.5 Å². The average Bonchev–Trinajstić information content (AvgIpc) is 2.14. The smallest absolute Gasteiger partial charge is 0.257 e. The van der Waals surface area contributed by atoms with Crippen molar-refractivity contribution in [2.45, 2.75) is 26.2 Å². The van der Waals surface area contributed by atoms with E-state index in [0.717, 1.165) is 18.6 Å². The van der Waals surface area contributed by atoms with Crippen molar-refractivity contribution >= 4 is 5.91 Å². The molecule has 1 rings (SSSR count). The van der Waals surface area contributed by atoms with Gasteiger partial charge in [0.25, 0.3) is 5.91 Å². The topological polar surface area (TPSA) is 38.3 Å². The Bertz CT molecular complexity index is 211. The van der Waals surface area contributed by atoms with Crippen LogP contribution in [0.25, 0.3) is 0 Å². The van der Waals surface area contributed by atoms with Gasteiger partial charge in [0.05, 0.1) is 5.76 Å². The first-order chi connectivity index (χ1) is 6.22. The summed E-state index contributed by atoms with van der Waals surface area (Å²) in [5.74, 6) is 1.59. The normalized spacial score (nSPS) is 22.0. The van der Waals surface area contributed by atoms with Crippen LogP contribution in [0.5, 0.6) is 0 Å². The minimum Gasteiger partial charge on any atom is -0.488 e. The Morgan fingerprint density at radius 3 is 3.15 bits per heavy atom. The second kappa shape index (κ2) is 4.90. The van der Waals surface area contributed by atoms with Gasteiger partial charge in [0.2, 0.25) is 0 Å². The second-order valence-corrected chi connectivity index (χ2v) is 3.52. The van der Waals surface area contributed by atoms with Crippen molar-refractivity contribution in [1.29, 1.82) is 0 Å². The van der Waals surface area contributed by atoms with Crippen LogP contribution in [-0.4, -0.2) is 19.6 Å². The molecule has 1 N–H and O–H groups in total. The molecule has 1 aliphatic rings. The van der Waals surface area contributed by atoms with Crippen LogP contribution in [0.15, 0.2) is 11.8 Å². The molecule has 0 aromatic heterocycles. The average molecular weight is 183 g/mol. The first-order valence-corrected chi connectivity index (χ1v) is 4.74. The quantitative estimate of drug-likeness (QED) is 0.719. The van der Waals surface area contributed by atoms with E-state index in [0.29, 0.717) is 5.92 Å². The highest BCUT2D eigenvalue weighted by atomic mass is 16.5. The second-order valence-electron chi connectivity index (χ2n) is 3.52. The van der Waals surface area contributed by atoms with Gasteiger partial charge in [0.1, 0.15) is 0 Å². The lowest BCUT2D eigenvalue weighted by Gasteiger charge is -2.19. The molecular formula is C10H17NO2. The van der Waals surface area contributed by atoms with Crippen molar-refractivity contribution in [2.24, 2.45) is 5.92 Å². The van der Waals surface area contributed by atoms with E-state index in [2.05, 4.69) is 18.3 Å².